The van der Waals surface area contributed by atoms with Crippen LogP contribution in [0.2, 0.25) is 10.0 Å². The molecule has 0 radical (unpaired) electrons. The third kappa shape index (κ3) is 8.27. The van der Waals surface area contributed by atoms with Crippen molar-refractivity contribution in [3.8, 4) is 11.5 Å². The van der Waals surface area contributed by atoms with Gasteiger partial charge in [-0.15, -0.1) is 11.3 Å². The van der Waals surface area contributed by atoms with Gasteiger partial charge in [-0.1, -0.05) is 53.5 Å². The highest BCUT2D eigenvalue weighted by molar-refractivity contribution is 7.13. The first-order valence-corrected chi connectivity index (χ1v) is 18.3. The predicted molar refractivity (Wildman–Crippen MR) is 193 cm³/mol. The number of aromatic nitrogens is 1. The minimum absolute atomic E-state index is 0.0940. The fraction of sp³-hybridized carbons (Fsp3) is 0.395. The summed E-state index contributed by atoms with van der Waals surface area (Å²) in [4.78, 5) is 31.1. The Bertz CT molecular complexity index is 1820. The van der Waals surface area contributed by atoms with Crippen LogP contribution in [0.25, 0.3) is 0 Å². The van der Waals surface area contributed by atoms with Gasteiger partial charge in [0, 0.05) is 30.0 Å². The molecule has 1 N–H and O–H groups in total. The number of thiophene rings is 1. The molecule has 1 unspecified atom stereocenters. The molecule has 3 aliphatic rings. The molecule has 264 valence electrons. The molecule has 3 aliphatic heterocycles. The van der Waals surface area contributed by atoms with Gasteiger partial charge in [0.15, 0.2) is 23.9 Å². The zero-order valence-electron chi connectivity index (χ0n) is 28.6. The van der Waals surface area contributed by atoms with Crippen molar-refractivity contribution in [2.75, 3.05) is 33.9 Å². The first-order valence-electron chi connectivity index (χ1n) is 16.7. The van der Waals surface area contributed by atoms with Gasteiger partial charge in [0.2, 0.25) is 0 Å². The first kappa shape index (κ1) is 36.1. The van der Waals surface area contributed by atoms with Gasteiger partial charge < -0.3 is 18.9 Å². The molecule has 3 atom stereocenters. The number of benzene rings is 2. The van der Waals surface area contributed by atoms with E-state index in [-0.39, 0.29) is 18.5 Å². The Morgan fingerprint density at radius 3 is 2.38 bits per heavy atom. The lowest BCUT2D eigenvalue weighted by Gasteiger charge is -2.44. The van der Waals surface area contributed by atoms with Crippen molar-refractivity contribution in [2.45, 2.75) is 51.0 Å². The van der Waals surface area contributed by atoms with Crippen molar-refractivity contribution in [1.29, 1.82) is 0 Å². The number of aryl methyl sites for hydroxylation is 2. The molecule has 9 nitrogen and oxygen atoms in total. The van der Waals surface area contributed by atoms with E-state index < -0.39 is 18.1 Å². The van der Waals surface area contributed by atoms with Gasteiger partial charge in [0.25, 0.3) is 0 Å². The average molecular weight is 740 g/mol. The summed E-state index contributed by atoms with van der Waals surface area (Å²) >= 11 is 14.5. The monoisotopic (exact) mass is 738 g/mol. The fourth-order valence-corrected chi connectivity index (χ4v) is 8.35. The molecular formula is C38H42Cl2N3O6S+. The zero-order chi connectivity index (χ0) is 35.4. The molecule has 0 amide bonds. The average Bonchev–Trinajstić information content (AvgIpc) is 3.59. The maximum atomic E-state index is 13.7. The molecule has 2 aromatic heterocycles. The minimum atomic E-state index is -0.736. The molecule has 0 saturated carbocycles. The van der Waals surface area contributed by atoms with Crippen LogP contribution in [0.1, 0.15) is 61.8 Å². The smallest absolute Gasteiger partial charge is 0.348 e. The lowest BCUT2D eigenvalue weighted by atomic mass is 9.86. The summed E-state index contributed by atoms with van der Waals surface area (Å²) in [5, 5.41) is 4.35. The van der Waals surface area contributed by atoms with Crippen molar-refractivity contribution in [3.05, 3.63) is 109 Å². The highest BCUT2D eigenvalue weighted by Gasteiger charge is 2.38. The molecule has 50 heavy (non-hydrogen) atoms. The number of ether oxygens (including phenoxy) is 4. The number of fused-ring (bicyclic) bond motifs is 3. The predicted octanol–water partition coefficient (Wildman–Crippen LogP) is 6.81. The standard InChI is InChI=1S/C38H42Cl2N3O6S/c1-23-7-5-6-8-27(23)36(38(45)49-34-22-43-15-13-24(34)14-16-43)41-19-26-10-12-35(50-26)37(44)48-32(18-28-29(39)20-42(2)21-30(28)40)25-9-11-31(46-3)33(17-25)47-4/h5-12,17,20-21,24,32,34,36,41H,13-16,18-19,22H2,1-4H3/q+1/t32-,34-,36?/m0/s1. The Hall–Kier alpha value is -3.67. The molecule has 0 spiro atoms. The Morgan fingerprint density at radius 1 is 1.00 bits per heavy atom. The largest absolute Gasteiger partial charge is 0.493 e. The van der Waals surface area contributed by atoms with Crippen LogP contribution in [0.15, 0.2) is 67.0 Å². The Kier molecular flexibility index (Phi) is 11.7. The van der Waals surface area contributed by atoms with E-state index in [1.54, 1.807) is 49.4 Å². The highest BCUT2D eigenvalue weighted by Crippen LogP contribution is 2.36. The number of rotatable bonds is 13. The van der Waals surface area contributed by atoms with Crippen LogP contribution >= 0.6 is 34.5 Å². The van der Waals surface area contributed by atoms with Crippen LogP contribution in [0, 0.1) is 12.8 Å². The van der Waals surface area contributed by atoms with Gasteiger partial charge in [0.05, 0.1) is 14.2 Å². The zero-order valence-corrected chi connectivity index (χ0v) is 30.9. The normalized spacial score (nSPS) is 19.4. The topological polar surface area (TPSA) is 90.2 Å². The van der Waals surface area contributed by atoms with E-state index in [0.29, 0.717) is 50.0 Å². The van der Waals surface area contributed by atoms with Gasteiger partial charge in [-0.05, 0) is 79.7 Å². The minimum Gasteiger partial charge on any atom is -0.493 e. The molecule has 12 heteroatoms. The van der Waals surface area contributed by atoms with Crippen LogP contribution in [-0.4, -0.2) is 56.8 Å². The Labute approximate surface area is 307 Å². The molecule has 5 heterocycles. The number of methoxy groups -OCH3 is 2. The Balaban J connectivity index is 1.19. The number of hydrogen-bond acceptors (Lipinski definition) is 9. The van der Waals surface area contributed by atoms with Crippen molar-refractivity contribution >= 4 is 46.5 Å². The van der Waals surface area contributed by atoms with Crippen LogP contribution in [-0.2, 0) is 34.3 Å². The van der Waals surface area contributed by atoms with Gasteiger partial charge in [0.1, 0.15) is 40.2 Å². The van der Waals surface area contributed by atoms with E-state index in [4.69, 9.17) is 42.1 Å². The number of nitrogens with one attached hydrogen (secondary N) is 1. The van der Waals surface area contributed by atoms with E-state index in [0.717, 1.165) is 48.5 Å². The van der Waals surface area contributed by atoms with E-state index in [9.17, 15) is 9.59 Å². The number of piperidine rings is 3. The number of nitrogens with zero attached hydrogens (tertiary/aromatic N) is 2. The first-order chi connectivity index (χ1) is 24.1. The summed E-state index contributed by atoms with van der Waals surface area (Å²) in [6.07, 6.45) is 5.04. The van der Waals surface area contributed by atoms with Crippen LogP contribution < -0.4 is 19.4 Å². The van der Waals surface area contributed by atoms with Gasteiger partial charge in [-0.3, -0.25) is 10.2 Å². The third-order valence-electron chi connectivity index (χ3n) is 9.57. The second-order valence-electron chi connectivity index (χ2n) is 12.9. The molecule has 4 aromatic rings. The summed E-state index contributed by atoms with van der Waals surface area (Å²) in [6.45, 7) is 5.29. The maximum Gasteiger partial charge on any atom is 0.348 e. The molecule has 3 fully saturated rings. The summed E-state index contributed by atoms with van der Waals surface area (Å²) in [6, 6.07) is 16.2. The molecule has 3 saturated heterocycles. The summed E-state index contributed by atoms with van der Waals surface area (Å²) in [5.74, 6) is 0.691. The van der Waals surface area contributed by atoms with Crippen molar-refractivity contribution < 1.29 is 33.1 Å². The molecular weight excluding hydrogens is 697 g/mol. The van der Waals surface area contributed by atoms with E-state index in [1.807, 2.05) is 50.4 Å². The number of hydrogen-bond donors (Lipinski definition) is 1. The van der Waals surface area contributed by atoms with Crippen molar-refractivity contribution in [3.63, 3.8) is 0 Å². The third-order valence-corrected chi connectivity index (χ3v) is 11.3. The second-order valence-corrected chi connectivity index (χ2v) is 14.8. The van der Waals surface area contributed by atoms with Crippen LogP contribution in [0.3, 0.4) is 0 Å². The Morgan fingerprint density at radius 2 is 1.72 bits per heavy atom. The number of carbonyl (C=O) groups excluding carboxylic acids is 2. The van der Waals surface area contributed by atoms with E-state index >= 15 is 0 Å². The summed E-state index contributed by atoms with van der Waals surface area (Å²) in [7, 11) is 4.95. The number of carbonyl (C=O) groups is 2. The summed E-state index contributed by atoms with van der Waals surface area (Å²) < 4.78 is 25.1. The summed E-state index contributed by atoms with van der Waals surface area (Å²) in [5.41, 5.74) is 3.22. The van der Waals surface area contributed by atoms with Crippen molar-refractivity contribution in [1.82, 2.24) is 10.2 Å². The fourth-order valence-electron chi connectivity index (χ4n) is 6.79. The SMILES string of the molecule is COc1ccc([C@H](Cc2c(Cl)c[n+](C)cc2Cl)OC(=O)c2ccc(CNC(C(=O)O[C@H]3CN4CCC3CC4)c3ccccc3C)s2)cc1OC. The number of halogens is 2. The highest BCUT2D eigenvalue weighted by atomic mass is 35.5. The number of pyridine rings is 1. The molecule has 7 rings (SSSR count). The molecule has 2 aromatic carbocycles. The van der Waals surface area contributed by atoms with Gasteiger partial charge >= 0.3 is 11.9 Å². The molecule has 0 aliphatic carbocycles. The van der Waals surface area contributed by atoms with E-state index in [1.165, 1.54) is 11.3 Å². The van der Waals surface area contributed by atoms with E-state index in [2.05, 4.69) is 10.2 Å². The lowest BCUT2D eigenvalue weighted by molar-refractivity contribution is -0.671. The number of esters is 2. The lowest BCUT2D eigenvalue weighted by Crippen LogP contribution is -2.52. The van der Waals surface area contributed by atoms with Gasteiger partial charge in [-0.25, -0.2) is 14.2 Å². The van der Waals surface area contributed by atoms with Gasteiger partial charge in [-0.2, -0.15) is 0 Å². The molecule has 2 bridgehead atoms. The van der Waals surface area contributed by atoms with Crippen LogP contribution in [0.4, 0.5) is 0 Å². The van der Waals surface area contributed by atoms with Crippen LogP contribution in [0.5, 0.6) is 11.5 Å². The second kappa shape index (κ2) is 16.1. The quantitative estimate of drug-likeness (QED) is 0.118. The maximum absolute atomic E-state index is 13.7. The van der Waals surface area contributed by atoms with Crippen molar-refractivity contribution in [2.24, 2.45) is 13.0 Å².